The fourth-order valence-corrected chi connectivity index (χ4v) is 4.79. The van der Waals surface area contributed by atoms with Crippen LogP contribution >= 0.6 is 0 Å². The molecule has 0 saturated heterocycles. The first kappa shape index (κ1) is 25.8. The molecular weight excluding hydrogens is 492 g/mol. The largest absolute Gasteiger partial charge is 0.493 e. The number of rotatable bonds is 8. The highest BCUT2D eigenvalue weighted by Crippen LogP contribution is 2.27. The lowest BCUT2D eigenvalue weighted by Gasteiger charge is -2.12. The summed E-state index contributed by atoms with van der Waals surface area (Å²) in [5.74, 6) is 0.347. The predicted molar refractivity (Wildman–Crippen MR) is 154 cm³/mol. The van der Waals surface area contributed by atoms with Gasteiger partial charge in [0, 0.05) is 28.9 Å². The van der Waals surface area contributed by atoms with E-state index in [4.69, 9.17) is 4.74 Å². The number of H-pyrrole nitrogens is 2. The Hall–Kier alpha value is -4.85. The molecule has 0 aliphatic carbocycles. The van der Waals surface area contributed by atoms with Crippen LogP contribution in [0.4, 0.5) is 0 Å². The van der Waals surface area contributed by atoms with Crippen molar-refractivity contribution in [2.24, 2.45) is 4.99 Å². The Kier molecular flexibility index (Phi) is 7.19. The van der Waals surface area contributed by atoms with Crippen molar-refractivity contribution in [2.75, 3.05) is 6.54 Å². The molecule has 0 saturated carbocycles. The third-order valence-corrected chi connectivity index (χ3v) is 6.76. The molecule has 0 radical (unpaired) electrons. The third kappa shape index (κ3) is 5.40. The van der Waals surface area contributed by atoms with Crippen LogP contribution in [0.25, 0.3) is 16.6 Å². The van der Waals surface area contributed by atoms with Gasteiger partial charge in [0.15, 0.2) is 0 Å². The van der Waals surface area contributed by atoms with Crippen molar-refractivity contribution in [3.05, 3.63) is 122 Å². The lowest BCUT2D eigenvalue weighted by atomic mass is 10.1. The zero-order valence-electron chi connectivity index (χ0n) is 22.1. The molecule has 0 amide bonds. The number of benzene rings is 3. The molecule has 0 bridgehead atoms. The van der Waals surface area contributed by atoms with E-state index in [-0.39, 0.29) is 5.56 Å². The number of ether oxygens (including phenoxy) is 1. The maximum Gasteiger partial charge on any atom is 0.335 e. The molecule has 2 heterocycles. The van der Waals surface area contributed by atoms with E-state index < -0.39 is 17.1 Å². The van der Waals surface area contributed by atoms with Crippen LogP contribution in [0.3, 0.4) is 0 Å². The van der Waals surface area contributed by atoms with Crippen LogP contribution in [0.15, 0.2) is 87.4 Å². The van der Waals surface area contributed by atoms with Crippen molar-refractivity contribution in [3.63, 3.8) is 0 Å². The number of nitrogens with one attached hydrogen (secondary N) is 2. The van der Waals surface area contributed by atoms with Crippen molar-refractivity contribution < 1.29 is 9.84 Å². The number of hydrogen-bond donors (Lipinski definition) is 3. The molecule has 0 fully saturated rings. The molecule has 5 aromatic rings. The number of aryl methyl sites for hydroxylation is 2. The summed E-state index contributed by atoms with van der Waals surface area (Å²) in [6.07, 6.45) is 0.613. The summed E-state index contributed by atoms with van der Waals surface area (Å²) in [5, 5.41) is 12.0. The fraction of sp³-hybridized carbons (Fsp3) is 0.194. The third-order valence-electron chi connectivity index (χ3n) is 6.76. The highest BCUT2D eigenvalue weighted by atomic mass is 16.5. The molecule has 0 aliphatic heterocycles. The van der Waals surface area contributed by atoms with Gasteiger partial charge in [-0.3, -0.25) is 14.8 Å². The lowest BCUT2D eigenvalue weighted by Crippen LogP contribution is -2.32. The number of aliphatic imine (C=N–C) groups is 1. The zero-order valence-corrected chi connectivity index (χ0v) is 22.1. The Morgan fingerprint density at radius 1 is 0.974 bits per heavy atom. The Labute approximate surface area is 225 Å². The summed E-state index contributed by atoms with van der Waals surface area (Å²) in [5.41, 5.74) is 4.56. The number of aromatic amines is 2. The maximum absolute atomic E-state index is 12.6. The standard InChI is InChI=1S/C31H30N4O4/c1-19-8-7-11-23(16-19)35-30(37)28(29(36)34-31(35)38)21(3)32-15-14-25-20(2)33-27-13-12-24(17-26(25)27)39-18-22-9-5-4-6-10-22/h4-13,16-17,33,37H,14-15,18H2,1-3H3,(H,34,36,38). The Morgan fingerprint density at radius 3 is 2.54 bits per heavy atom. The molecule has 0 spiro atoms. The van der Waals surface area contributed by atoms with Crippen molar-refractivity contribution >= 4 is 16.6 Å². The van der Waals surface area contributed by atoms with E-state index in [2.05, 4.69) is 15.0 Å². The Morgan fingerprint density at radius 2 is 1.77 bits per heavy atom. The maximum atomic E-state index is 12.6. The Bertz CT molecular complexity index is 1800. The lowest BCUT2D eigenvalue weighted by molar-refractivity contribution is 0.306. The van der Waals surface area contributed by atoms with Gasteiger partial charge in [-0.15, -0.1) is 0 Å². The summed E-state index contributed by atoms with van der Waals surface area (Å²) in [4.78, 5) is 35.5. The number of hydrogen-bond acceptors (Lipinski definition) is 5. The minimum atomic E-state index is -0.709. The van der Waals surface area contributed by atoms with Gasteiger partial charge in [-0.05, 0) is 74.2 Å². The van der Waals surface area contributed by atoms with Crippen molar-refractivity contribution in [2.45, 2.75) is 33.8 Å². The van der Waals surface area contributed by atoms with Gasteiger partial charge in [-0.1, -0.05) is 42.5 Å². The van der Waals surface area contributed by atoms with Crippen molar-refractivity contribution in [3.8, 4) is 17.3 Å². The van der Waals surface area contributed by atoms with E-state index in [1.165, 1.54) is 0 Å². The van der Waals surface area contributed by atoms with Crippen LogP contribution in [-0.2, 0) is 13.0 Å². The number of fused-ring (bicyclic) bond motifs is 1. The van der Waals surface area contributed by atoms with E-state index in [1.807, 2.05) is 68.4 Å². The van der Waals surface area contributed by atoms with Gasteiger partial charge in [-0.25, -0.2) is 9.36 Å². The molecule has 3 aromatic carbocycles. The minimum Gasteiger partial charge on any atom is -0.493 e. The van der Waals surface area contributed by atoms with E-state index in [1.54, 1.807) is 25.1 Å². The summed E-state index contributed by atoms with van der Waals surface area (Å²) in [6, 6.07) is 23.1. The van der Waals surface area contributed by atoms with Gasteiger partial charge >= 0.3 is 5.69 Å². The molecule has 5 rings (SSSR count). The highest BCUT2D eigenvalue weighted by molar-refractivity contribution is 6.00. The van der Waals surface area contributed by atoms with E-state index in [0.29, 0.717) is 31.0 Å². The Balaban J connectivity index is 1.39. The molecular formula is C31H30N4O4. The van der Waals surface area contributed by atoms with Crippen LogP contribution in [0, 0.1) is 13.8 Å². The molecule has 39 heavy (non-hydrogen) atoms. The second-order valence-electron chi connectivity index (χ2n) is 9.56. The molecule has 8 nitrogen and oxygen atoms in total. The molecule has 2 aromatic heterocycles. The average Bonchev–Trinajstić information content (AvgIpc) is 3.22. The quantitative estimate of drug-likeness (QED) is 0.250. The molecule has 8 heteroatoms. The first-order chi connectivity index (χ1) is 18.8. The van der Waals surface area contributed by atoms with Crippen LogP contribution in [0.5, 0.6) is 11.6 Å². The smallest absolute Gasteiger partial charge is 0.335 e. The van der Waals surface area contributed by atoms with E-state index >= 15 is 0 Å². The van der Waals surface area contributed by atoms with Crippen LogP contribution < -0.4 is 16.0 Å². The summed E-state index contributed by atoms with van der Waals surface area (Å²) in [7, 11) is 0. The zero-order chi connectivity index (χ0) is 27.5. The first-order valence-electron chi connectivity index (χ1n) is 12.8. The minimum absolute atomic E-state index is 0.0247. The number of aromatic nitrogens is 3. The van der Waals surface area contributed by atoms with Crippen LogP contribution in [-0.4, -0.2) is 31.9 Å². The topological polar surface area (TPSA) is 112 Å². The molecule has 0 atom stereocenters. The van der Waals surface area contributed by atoms with Gasteiger partial charge < -0.3 is 14.8 Å². The van der Waals surface area contributed by atoms with Gasteiger partial charge in [-0.2, -0.15) is 0 Å². The molecule has 3 N–H and O–H groups in total. The van der Waals surface area contributed by atoms with Crippen molar-refractivity contribution in [1.29, 1.82) is 0 Å². The monoisotopic (exact) mass is 522 g/mol. The van der Waals surface area contributed by atoms with Crippen LogP contribution in [0.1, 0.15) is 34.9 Å². The normalized spacial score (nSPS) is 11.7. The van der Waals surface area contributed by atoms with E-state index in [0.717, 1.165) is 43.6 Å². The fourth-order valence-electron chi connectivity index (χ4n) is 4.79. The van der Waals surface area contributed by atoms with Gasteiger partial charge in [0.25, 0.3) is 5.56 Å². The SMILES string of the molecule is CC(=NCCc1c(C)[nH]c2ccc(OCc3ccccc3)cc12)c1c(O)n(-c2cccc(C)c2)c(=O)[nH]c1=O. The predicted octanol–water partition coefficient (Wildman–Crippen LogP) is 4.96. The van der Waals surface area contributed by atoms with Gasteiger partial charge in [0.2, 0.25) is 5.88 Å². The van der Waals surface area contributed by atoms with Gasteiger partial charge in [0.05, 0.1) is 5.69 Å². The molecule has 0 unspecified atom stereocenters. The highest BCUT2D eigenvalue weighted by Gasteiger charge is 2.18. The summed E-state index contributed by atoms with van der Waals surface area (Å²) in [6.45, 7) is 6.43. The molecule has 198 valence electrons. The van der Waals surface area contributed by atoms with Crippen LogP contribution in [0.2, 0.25) is 0 Å². The second-order valence-corrected chi connectivity index (χ2v) is 9.56. The molecule has 0 aliphatic rings. The number of nitrogens with zero attached hydrogens (tertiary/aromatic N) is 2. The second kappa shape index (κ2) is 10.9. The van der Waals surface area contributed by atoms with Gasteiger partial charge in [0.1, 0.15) is 17.9 Å². The van der Waals surface area contributed by atoms with E-state index in [9.17, 15) is 14.7 Å². The van der Waals surface area contributed by atoms with Crippen molar-refractivity contribution in [1.82, 2.24) is 14.5 Å². The summed E-state index contributed by atoms with van der Waals surface area (Å²) < 4.78 is 7.11. The number of aromatic hydroxyl groups is 1. The summed E-state index contributed by atoms with van der Waals surface area (Å²) >= 11 is 0. The average molecular weight is 523 g/mol. The first-order valence-corrected chi connectivity index (χ1v) is 12.8.